The first-order valence-electron chi connectivity index (χ1n) is 10.7. The average molecular weight is 389 g/mol. The molecule has 2 aliphatic rings. The summed E-state index contributed by atoms with van der Waals surface area (Å²) in [4.78, 5) is 9.39. The predicted molar refractivity (Wildman–Crippen MR) is 114 cm³/mol. The van der Waals surface area contributed by atoms with Gasteiger partial charge in [-0.15, -0.1) is 0 Å². The van der Waals surface area contributed by atoms with Gasteiger partial charge in [0.05, 0.1) is 6.10 Å². The number of aliphatic imine (C=N–C) groups is 1. The van der Waals surface area contributed by atoms with E-state index in [1.54, 1.807) is 7.11 Å². The van der Waals surface area contributed by atoms with Gasteiger partial charge in [0.15, 0.2) is 5.96 Å². The van der Waals surface area contributed by atoms with Crippen molar-refractivity contribution in [2.75, 3.05) is 60.1 Å². The topological polar surface area (TPSA) is 49.3 Å². The molecule has 0 spiro atoms. The first-order valence-corrected chi connectivity index (χ1v) is 10.7. The number of hydrogen-bond donors (Lipinski definition) is 1. The number of rotatable bonds is 8. The lowest BCUT2D eigenvalue weighted by molar-refractivity contribution is 0.00989. The molecule has 6 heteroatoms. The van der Waals surface area contributed by atoms with E-state index in [4.69, 9.17) is 9.47 Å². The van der Waals surface area contributed by atoms with E-state index >= 15 is 0 Å². The summed E-state index contributed by atoms with van der Waals surface area (Å²) in [6, 6.07) is 8.81. The molecule has 0 aliphatic carbocycles. The van der Waals surface area contributed by atoms with Gasteiger partial charge in [0, 0.05) is 66.6 Å². The van der Waals surface area contributed by atoms with E-state index < -0.39 is 0 Å². The smallest absolute Gasteiger partial charge is 0.193 e. The summed E-state index contributed by atoms with van der Waals surface area (Å²) < 4.78 is 11.0. The molecule has 156 valence electrons. The standard InChI is InChI=1S/C22H36N4O2/c1-23-22(26-13-9-21(10-14-26)28-17-5-16-27-2)24-11-15-25-12-8-19-6-3-4-7-20(19)18-25/h3-4,6-7,21H,5,8-18H2,1-2H3,(H,23,24). The molecule has 1 aromatic rings. The van der Waals surface area contributed by atoms with E-state index in [0.717, 1.165) is 84.1 Å². The largest absolute Gasteiger partial charge is 0.385 e. The van der Waals surface area contributed by atoms with Gasteiger partial charge in [0.1, 0.15) is 0 Å². The molecule has 0 atom stereocenters. The molecular weight excluding hydrogens is 352 g/mol. The van der Waals surface area contributed by atoms with Gasteiger partial charge in [0.2, 0.25) is 0 Å². The van der Waals surface area contributed by atoms with Crippen molar-refractivity contribution in [2.45, 2.75) is 38.3 Å². The predicted octanol–water partition coefficient (Wildman–Crippen LogP) is 2.14. The minimum atomic E-state index is 0.375. The molecule has 28 heavy (non-hydrogen) atoms. The van der Waals surface area contributed by atoms with Crippen LogP contribution in [0.15, 0.2) is 29.3 Å². The van der Waals surface area contributed by atoms with Gasteiger partial charge < -0.3 is 19.7 Å². The highest BCUT2D eigenvalue weighted by Gasteiger charge is 2.22. The number of likely N-dealkylation sites (tertiary alicyclic amines) is 1. The number of guanidine groups is 1. The fourth-order valence-electron chi connectivity index (χ4n) is 4.09. The van der Waals surface area contributed by atoms with Gasteiger partial charge in [-0.05, 0) is 36.8 Å². The van der Waals surface area contributed by atoms with Crippen LogP contribution in [0.5, 0.6) is 0 Å². The van der Waals surface area contributed by atoms with Gasteiger partial charge in [-0.2, -0.15) is 0 Å². The highest BCUT2D eigenvalue weighted by atomic mass is 16.5. The summed E-state index contributed by atoms with van der Waals surface area (Å²) in [6.45, 7) is 7.76. The number of nitrogens with zero attached hydrogens (tertiary/aromatic N) is 3. The normalized spacial score (nSPS) is 18.9. The number of benzene rings is 1. The van der Waals surface area contributed by atoms with E-state index in [-0.39, 0.29) is 0 Å². The minimum absolute atomic E-state index is 0.375. The molecule has 6 nitrogen and oxygen atoms in total. The lowest BCUT2D eigenvalue weighted by atomic mass is 10.00. The molecular formula is C22H36N4O2. The van der Waals surface area contributed by atoms with Crippen molar-refractivity contribution >= 4 is 5.96 Å². The van der Waals surface area contributed by atoms with E-state index in [2.05, 4.69) is 44.4 Å². The Morgan fingerprint density at radius 3 is 2.68 bits per heavy atom. The van der Waals surface area contributed by atoms with Crippen molar-refractivity contribution < 1.29 is 9.47 Å². The Morgan fingerprint density at radius 1 is 1.14 bits per heavy atom. The number of fused-ring (bicyclic) bond motifs is 1. The lowest BCUT2D eigenvalue weighted by Crippen LogP contribution is -2.48. The van der Waals surface area contributed by atoms with Gasteiger partial charge in [-0.1, -0.05) is 24.3 Å². The number of piperidine rings is 1. The van der Waals surface area contributed by atoms with E-state index in [1.165, 1.54) is 11.1 Å². The van der Waals surface area contributed by atoms with Crippen molar-refractivity contribution in [3.63, 3.8) is 0 Å². The molecule has 1 saturated heterocycles. The van der Waals surface area contributed by atoms with Crippen LogP contribution in [0.25, 0.3) is 0 Å². The fourth-order valence-corrected chi connectivity index (χ4v) is 4.09. The summed E-state index contributed by atoms with van der Waals surface area (Å²) in [7, 11) is 3.62. The first kappa shape index (κ1) is 21.1. The molecule has 0 unspecified atom stereocenters. The maximum absolute atomic E-state index is 5.96. The summed E-state index contributed by atoms with van der Waals surface area (Å²) in [6.07, 6.45) is 4.64. The Balaban J connectivity index is 1.34. The van der Waals surface area contributed by atoms with Crippen LogP contribution in [-0.2, 0) is 22.4 Å². The Bertz CT molecular complexity index is 614. The zero-order chi connectivity index (χ0) is 19.6. The molecule has 0 aromatic heterocycles. The van der Waals surface area contributed by atoms with Crippen molar-refractivity contribution in [3.05, 3.63) is 35.4 Å². The first-order chi connectivity index (χ1) is 13.8. The van der Waals surface area contributed by atoms with Crippen LogP contribution in [0.3, 0.4) is 0 Å². The van der Waals surface area contributed by atoms with E-state index in [9.17, 15) is 0 Å². The monoisotopic (exact) mass is 388 g/mol. The number of ether oxygens (including phenoxy) is 2. The molecule has 0 radical (unpaired) electrons. The number of hydrogen-bond acceptors (Lipinski definition) is 4. The van der Waals surface area contributed by atoms with Crippen LogP contribution in [0.4, 0.5) is 0 Å². The number of nitrogens with one attached hydrogen (secondary N) is 1. The third-order valence-corrected chi connectivity index (χ3v) is 5.72. The van der Waals surface area contributed by atoms with Gasteiger partial charge in [-0.3, -0.25) is 9.89 Å². The highest BCUT2D eigenvalue weighted by Crippen LogP contribution is 2.18. The molecule has 0 bridgehead atoms. The zero-order valence-electron chi connectivity index (χ0n) is 17.5. The SMILES string of the molecule is CN=C(NCCN1CCc2ccccc2C1)N1CCC(OCCCOC)CC1. The van der Waals surface area contributed by atoms with Crippen LogP contribution < -0.4 is 5.32 Å². The molecule has 1 N–H and O–H groups in total. The van der Waals surface area contributed by atoms with E-state index in [1.807, 2.05) is 7.05 Å². The van der Waals surface area contributed by atoms with Crippen LogP contribution in [0.2, 0.25) is 0 Å². The highest BCUT2D eigenvalue weighted by molar-refractivity contribution is 5.79. The maximum Gasteiger partial charge on any atom is 0.193 e. The average Bonchev–Trinajstić information content (AvgIpc) is 2.75. The third-order valence-electron chi connectivity index (χ3n) is 5.72. The molecule has 1 aromatic carbocycles. The van der Waals surface area contributed by atoms with Crippen molar-refractivity contribution in [1.82, 2.24) is 15.1 Å². The second kappa shape index (κ2) is 11.4. The Morgan fingerprint density at radius 2 is 1.93 bits per heavy atom. The molecule has 1 fully saturated rings. The molecule has 2 heterocycles. The molecule has 3 rings (SSSR count). The molecule has 0 saturated carbocycles. The Kier molecular flexibility index (Phi) is 8.58. The third kappa shape index (κ3) is 6.19. The van der Waals surface area contributed by atoms with Crippen LogP contribution in [0, 0.1) is 0 Å². The Labute approximate surface area is 169 Å². The second-order valence-corrected chi connectivity index (χ2v) is 7.67. The summed E-state index contributed by atoms with van der Waals surface area (Å²) >= 11 is 0. The quantitative estimate of drug-likeness (QED) is 0.420. The fraction of sp³-hybridized carbons (Fsp3) is 0.682. The minimum Gasteiger partial charge on any atom is -0.385 e. The second-order valence-electron chi connectivity index (χ2n) is 7.67. The van der Waals surface area contributed by atoms with Crippen molar-refractivity contribution in [1.29, 1.82) is 0 Å². The van der Waals surface area contributed by atoms with E-state index in [0.29, 0.717) is 6.10 Å². The van der Waals surface area contributed by atoms with Crippen LogP contribution >= 0.6 is 0 Å². The maximum atomic E-state index is 5.96. The molecule has 2 aliphatic heterocycles. The summed E-state index contributed by atoms with van der Waals surface area (Å²) in [5.41, 5.74) is 2.99. The summed E-state index contributed by atoms with van der Waals surface area (Å²) in [5, 5.41) is 3.56. The number of methoxy groups -OCH3 is 1. The van der Waals surface area contributed by atoms with Crippen LogP contribution in [0.1, 0.15) is 30.4 Å². The lowest BCUT2D eigenvalue weighted by Gasteiger charge is -2.34. The Hall–Kier alpha value is -1.63. The van der Waals surface area contributed by atoms with Gasteiger partial charge in [-0.25, -0.2) is 0 Å². The van der Waals surface area contributed by atoms with Crippen molar-refractivity contribution in [3.8, 4) is 0 Å². The van der Waals surface area contributed by atoms with Gasteiger partial charge in [0.25, 0.3) is 0 Å². The van der Waals surface area contributed by atoms with Crippen LogP contribution in [-0.4, -0.2) is 82.0 Å². The summed E-state index contributed by atoms with van der Waals surface area (Å²) in [5.74, 6) is 1.02. The van der Waals surface area contributed by atoms with Crippen molar-refractivity contribution in [2.24, 2.45) is 4.99 Å². The molecule has 0 amide bonds. The van der Waals surface area contributed by atoms with Gasteiger partial charge >= 0.3 is 0 Å². The zero-order valence-corrected chi connectivity index (χ0v) is 17.5.